The summed E-state index contributed by atoms with van der Waals surface area (Å²) in [6.07, 6.45) is 6.13. The van der Waals surface area contributed by atoms with E-state index in [1.807, 2.05) is 95.0 Å². The Morgan fingerprint density at radius 1 is 0.849 bits per heavy atom. The number of phenolic OH excluding ortho intramolecular Hbond substituents is 1. The zero-order valence-electron chi connectivity index (χ0n) is 42.6. The first kappa shape index (κ1) is 50.9. The number of nitrogens with one attached hydrogen (secondary N) is 3. The van der Waals surface area contributed by atoms with E-state index in [9.17, 15) is 24.6 Å². The molecule has 5 N–H and O–H groups in total. The van der Waals surface area contributed by atoms with Gasteiger partial charge in [-0.2, -0.15) is 0 Å². The molecule has 0 spiro atoms. The van der Waals surface area contributed by atoms with Crippen LogP contribution in [0.1, 0.15) is 89.5 Å². The van der Waals surface area contributed by atoms with Crippen molar-refractivity contribution < 1.29 is 24.6 Å². The van der Waals surface area contributed by atoms with E-state index < -0.39 is 23.6 Å². The monoisotopic (exact) mass is 1010 g/mol. The molecule has 3 aliphatic rings. The van der Waals surface area contributed by atoms with Gasteiger partial charge in [0.05, 0.1) is 33.6 Å². The van der Waals surface area contributed by atoms with Crippen LogP contribution in [0.3, 0.4) is 0 Å². The predicted octanol–water partition coefficient (Wildman–Crippen LogP) is 7.97. The van der Waals surface area contributed by atoms with Crippen LogP contribution in [-0.4, -0.2) is 115 Å². The summed E-state index contributed by atoms with van der Waals surface area (Å²) in [7, 11) is 0. The van der Waals surface area contributed by atoms with Gasteiger partial charge in [-0.25, -0.2) is 15.0 Å². The highest BCUT2D eigenvalue weighted by Gasteiger charge is 2.45. The SMILES string of the molecule is CCNc1nnc(-c2ccccc2O)cc1N1CCN(c2ncc(-c3ccc([C@H]4CC[C@H](C(=O)N[C@H](C(=O)N5C[C@H](O)C[C@H]5C(=O)NCc5ccc(-c6scnc6C)cc5)C(C)(C)C)CC4)cc3)cn2)C[C@@H]1C. The van der Waals surface area contributed by atoms with Crippen molar-refractivity contribution in [2.24, 2.45) is 11.3 Å². The number of para-hydroxylation sites is 1. The van der Waals surface area contributed by atoms with E-state index >= 15 is 0 Å². The summed E-state index contributed by atoms with van der Waals surface area (Å²) >= 11 is 1.59. The number of aromatic hydroxyl groups is 1. The van der Waals surface area contributed by atoms with Gasteiger partial charge in [0.2, 0.25) is 23.7 Å². The van der Waals surface area contributed by atoms with Gasteiger partial charge in [-0.15, -0.1) is 21.5 Å². The van der Waals surface area contributed by atoms with Crippen molar-refractivity contribution in [2.75, 3.05) is 47.8 Å². The average Bonchev–Trinajstić information content (AvgIpc) is 4.02. The van der Waals surface area contributed by atoms with Gasteiger partial charge >= 0.3 is 0 Å². The Bertz CT molecular complexity index is 2880. The summed E-state index contributed by atoms with van der Waals surface area (Å²) < 4.78 is 0. The number of carbonyl (C=O) groups is 3. The normalized spacial score (nSPS) is 20.6. The Morgan fingerprint density at radius 3 is 2.22 bits per heavy atom. The molecule has 1 aliphatic carbocycles. The molecule has 0 bridgehead atoms. The minimum absolute atomic E-state index is 0.0256. The Kier molecular flexibility index (Phi) is 15.4. The van der Waals surface area contributed by atoms with E-state index in [-0.39, 0.29) is 54.9 Å². The topological polar surface area (TPSA) is 202 Å². The number of anilines is 3. The Morgan fingerprint density at radius 2 is 1.56 bits per heavy atom. The molecule has 2 aliphatic heterocycles. The first-order chi connectivity index (χ1) is 35.1. The number of rotatable bonds is 14. The molecular weight excluding hydrogens is 939 g/mol. The van der Waals surface area contributed by atoms with E-state index in [4.69, 9.17) is 9.97 Å². The number of phenols is 1. The lowest BCUT2D eigenvalue weighted by Gasteiger charge is -2.41. The molecule has 1 saturated carbocycles. The number of likely N-dealkylation sites (tertiary alicyclic amines) is 1. The number of hydrogen-bond donors (Lipinski definition) is 5. The molecule has 382 valence electrons. The van der Waals surface area contributed by atoms with E-state index in [2.05, 4.69) is 72.1 Å². The highest BCUT2D eigenvalue weighted by atomic mass is 32.1. The van der Waals surface area contributed by atoms with E-state index in [1.165, 1.54) is 10.5 Å². The molecule has 3 fully saturated rings. The number of benzene rings is 3. The maximum atomic E-state index is 14.3. The molecule has 4 atom stereocenters. The van der Waals surface area contributed by atoms with Gasteiger partial charge in [-0.05, 0) is 98.2 Å². The second-order valence-electron chi connectivity index (χ2n) is 20.8. The number of aliphatic hydroxyl groups excluding tert-OH is 1. The van der Waals surface area contributed by atoms with Gasteiger partial charge in [-0.3, -0.25) is 14.4 Å². The number of aryl methyl sites for hydroxylation is 1. The summed E-state index contributed by atoms with van der Waals surface area (Å²) in [5.41, 5.74) is 9.51. The standard InChI is InChI=1S/C56H67N11O5S/c1-7-57-51-46(27-45(63-64-51)44-10-8-9-11-48(44)69)66-25-24-65(31-34(66)2)55-59-29-42(30-60-55)39-18-16-37(17-19-39)38-20-22-41(23-21-38)52(70)62-50(56(4,5)6)54(72)67-32-43(68)26-47(67)53(71)58-28-36-12-14-40(15-13-36)49-35(3)61-33-73-49/h8-19,27,29-30,33-34,38,41,43,47,50,68-69H,7,20-26,28,31-32H2,1-6H3,(H,57,64)(H,58,71)(H,62,70)/t34-,38-,41-,43+,47-,50+/m0/s1. The van der Waals surface area contributed by atoms with Crippen LogP contribution in [0.15, 0.2) is 96.8 Å². The van der Waals surface area contributed by atoms with Crippen molar-refractivity contribution in [3.05, 3.63) is 114 Å². The van der Waals surface area contributed by atoms with Crippen molar-refractivity contribution in [1.82, 2.24) is 40.7 Å². The molecule has 3 amide bonds. The van der Waals surface area contributed by atoms with Crippen LogP contribution in [0.5, 0.6) is 5.75 Å². The summed E-state index contributed by atoms with van der Waals surface area (Å²) in [4.78, 5) is 62.9. The van der Waals surface area contributed by atoms with Gasteiger partial charge in [0.1, 0.15) is 17.8 Å². The van der Waals surface area contributed by atoms with Crippen molar-refractivity contribution >= 4 is 46.5 Å². The number of nitrogens with zero attached hydrogens (tertiary/aromatic N) is 8. The van der Waals surface area contributed by atoms with Crippen molar-refractivity contribution in [3.8, 4) is 38.6 Å². The van der Waals surface area contributed by atoms with Gasteiger partial charge < -0.3 is 40.9 Å². The zero-order chi connectivity index (χ0) is 51.4. The molecule has 73 heavy (non-hydrogen) atoms. The molecule has 16 nitrogen and oxygen atoms in total. The maximum absolute atomic E-state index is 14.3. The van der Waals surface area contributed by atoms with E-state index in [1.54, 1.807) is 23.5 Å². The fourth-order valence-corrected chi connectivity index (χ4v) is 11.3. The molecular formula is C56H67N11O5S. The Labute approximate surface area is 431 Å². The second-order valence-corrected chi connectivity index (χ2v) is 21.7. The van der Waals surface area contributed by atoms with Crippen molar-refractivity contribution in [1.29, 1.82) is 0 Å². The lowest BCUT2D eigenvalue weighted by molar-refractivity contribution is -0.144. The molecule has 0 unspecified atom stereocenters. The first-order valence-corrected chi connectivity index (χ1v) is 26.4. The van der Waals surface area contributed by atoms with Crippen LogP contribution >= 0.6 is 11.3 Å². The highest BCUT2D eigenvalue weighted by molar-refractivity contribution is 7.13. The summed E-state index contributed by atoms with van der Waals surface area (Å²) in [5, 5.41) is 39.6. The van der Waals surface area contributed by atoms with Gasteiger partial charge in [0, 0.05) is 81.2 Å². The molecule has 3 aromatic carbocycles. The molecule has 17 heteroatoms. The number of aliphatic hydroxyl groups is 1. The van der Waals surface area contributed by atoms with Crippen LogP contribution in [0.2, 0.25) is 0 Å². The summed E-state index contributed by atoms with van der Waals surface area (Å²) in [6.45, 7) is 15.1. The van der Waals surface area contributed by atoms with Crippen molar-refractivity contribution in [3.63, 3.8) is 0 Å². The third-order valence-electron chi connectivity index (χ3n) is 14.7. The largest absolute Gasteiger partial charge is 0.507 e. The number of hydrogen-bond acceptors (Lipinski definition) is 14. The summed E-state index contributed by atoms with van der Waals surface area (Å²) in [6, 6.07) is 24.1. The zero-order valence-corrected chi connectivity index (χ0v) is 43.4. The summed E-state index contributed by atoms with van der Waals surface area (Å²) in [5.74, 6) is 0.775. The molecule has 0 radical (unpaired) electrons. The van der Waals surface area contributed by atoms with E-state index in [0.717, 1.165) is 57.9 Å². The van der Waals surface area contributed by atoms with Crippen LogP contribution in [0, 0.1) is 18.3 Å². The first-order valence-electron chi connectivity index (χ1n) is 25.5. The van der Waals surface area contributed by atoms with Crippen LogP contribution in [0.4, 0.5) is 17.5 Å². The number of amides is 3. The van der Waals surface area contributed by atoms with Crippen LogP contribution in [0.25, 0.3) is 32.8 Å². The van der Waals surface area contributed by atoms with Crippen LogP contribution < -0.4 is 25.8 Å². The lowest BCUT2D eigenvalue weighted by atomic mass is 9.77. The Hall–Kier alpha value is -6.98. The smallest absolute Gasteiger partial charge is 0.246 e. The fraction of sp³-hybridized carbons (Fsp3) is 0.429. The van der Waals surface area contributed by atoms with Crippen LogP contribution in [-0.2, 0) is 20.9 Å². The van der Waals surface area contributed by atoms with Gasteiger partial charge in [-0.1, -0.05) is 81.4 Å². The number of thiazole rings is 1. The fourth-order valence-electron chi connectivity index (χ4n) is 10.5. The minimum atomic E-state index is -0.876. The number of piperazine rings is 1. The van der Waals surface area contributed by atoms with Gasteiger partial charge in [0.25, 0.3) is 0 Å². The molecule has 9 rings (SSSR count). The molecule has 6 aromatic rings. The molecule has 5 heterocycles. The maximum Gasteiger partial charge on any atom is 0.246 e. The minimum Gasteiger partial charge on any atom is -0.507 e. The number of carbonyl (C=O) groups excluding carboxylic acids is 3. The van der Waals surface area contributed by atoms with Crippen molar-refractivity contribution in [2.45, 2.75) is 110 Å². The quantitative estimate of drug-likeness (QED) is 0.0704. The third-order valence-corrected chi connectivity index (χ3v) is 15.6. The molecule has 3 aromatic heterocycles. The van der Waals surface area contributed by atoms with Gasteiger partial charge in [0.15, 0.2) is 5.82 Å². The Balaban J connectivity index is 0.764. The number of aromatic nitrogens is 5. The van der Waals surface area contributed by atoms with E-state index in [0.29, 0.717) is 61.4 Å². The highest BCUT2D eigenvalue weighted by Crippen LogP contribution is 2.38. The lowest BCUT2D eigenvalue weighted by Crippen LogP contribution is -2.58. The second kappa shape index (κ2) is 22.0. The third kappa shape index (κ3) is 11.5. The number of β-amino-alcohol motifs (C(OH)–C–C–N with tert-alkyl or cyclic N) is 1. The average molecular weight is 1010 g/mol. The predicted molar refractivity (Wildman–Crippen MR) is 286 cm³/mol. The molecule has 2 saturated heterocycles.